The molecule has 64 valence electrons. The van der Waals surface area contributed by atoms with Crippen LogP contribution in [-0.4, -0.2) is 11.1 Å². The third kappa shape index (κ3) is 10.6. The summed E-state index contributed by atoms with van der Waals surface area (Å²) in [5, 5.41) is 8.41. The molecule has 0 saturated carbocycles. The van der Waals surface area contributed by atoms with Crippen LogP contribution in [0.1, 0.15) is 33.1 Å². The molecule has 0 spiro atoms. The average Bonchev–Trinajstić information content (AvgIpc) is 1.82. The van der Waals surface area contributed by atoms with Crippen molar-refractivity contribution in [2.75, 3.05) is 0 Å². The Morgan fingerprint density at radius 1 is 1.45 bits per heavy atom. The van der Waals surface area contributed by atoms with E-state index in [9.17, 15) is 4.79 Å². The quantitative estimate of drug-likeness (QED) is 0.803. The molecule has 0 fully saturated rings. The van der Waals surface area contributed by atoms with Crippen LogP contribution < -0.4 is 0 Å². The minimum Gasteiger partial charge on any atom is -0.481 e. The number of hydrogen-bond acceptors (Lipinski definition) is 1. The van der Waals surface area contributed by atoms with Crippen LogP contribution in [0.2, 0.25) is 0 Å². The summed E-state index contributed by atoms with van der Waals surface area (Å²) >= 11 is 0. The van der Waals surface area contributed by atoms with Gasteiger partial charge < -0.3 is 5.11 Å². The molecule has 1 N–H and O–H groups in total. The van der Waals surface area contributed by atoms with E-state index >= 15 is 0 Å². The molecule has 1 unspecified atom stereocenters. The van der Waals surface area contributed by atoms with Crippen molar-refractivity contribution in [1.29, 1.82) is 0 Å². The fraction of sp³-hybridized carbons (Fsp3) is 0.857. The zero-order chi connectivity index (χ0) is 7.28. The Morgan fingerprint density at radius 2 is 1.91 bits per heavy atom. The molecule has 2 radical (unpaired) electrons. The maximum absolute atomic E-state index is 10.2. The molecular weight excluding hydrogens is 218 g/mol. The standard InChI is InChI=1S/C7H14O2.2V/c1-3-4-5-6(2)7(8)9;;/h6H,3-5H2,1-2H3,(H,8,9);;. The number of hydrogen-bond donors (Lipinski definition) is 1. The van der Waals surface area contributed by atoms with Crippen molar-refractivity contribution in [2.24, 2.45) is 5.92 Å². The van der Waals surface area contributed by atoms with Crippen LogP contribution in [0.5, 0.6) is 0 Å². The van der Waals surface area contributed by atoms with E-state index < -0.39 is 5.97 Å². The molecule has 0 amide bonds. The molecule has 0 aromatic rings. The van der Waals surface area contributed by atoms with Crippen LogP contribution in [0.4, 0.5) is 0 Å². The summed E-state index contributed by atoms with van der Waals surface area (Å²) in [4.78, 5) is 10.2. The third-order valence-electron chi connectivity index (χ3n) is 1.41. The minimum absolute atomic E-state index is 0. The van der Waals surface area contributed by atoms with Gasteiger partial charge in [-0.25, -0.2) is 0 Å². The Kier molecular flexibility index (Phi) is 17.1. The molecule has 0 bridgehead atoms. The second-order valence-corrected chi connectivity index (χ2v) is 2.38. The molecule has 2 nitrogen and oxygen atoms in total. The zero-order valence-corrected chi connectivity index (χ0v) is 9.74. The van der Waals surface area contributed by atoms with E-state index in [-0.39, 0.29) is 43.0 Å². The molecule has 0 aromatic carbocycles. The van der Waals surface area contributed by atoms with Gasteiger partial charge in [-0.3, -0.25) is 4.79 Å². The predicted molar refractivity (Wildman–Crippen MR) is 36.3 cm³/mol. The monoisotopic (exact) mass is 232 g/mol. The van der Waals surface area contributed by atoms with Gasteiger partial charge in [-0.1, -0.05) is 26.7 Å². The molecule has 0 aliphatic heterocycles. The summed E-state index contributed by atoms with van der Waals surface area (Å²) in [5.74, 6) is -0.839. The Bertz CT molecular complexity index is 96.4. The molecule has 0 aromatic heterocycles. The molecule has 0 aliphatic carbocycles. The number of carbonyl (C=O) groups is 1. The normalized spacial score (nSPS) is 10.7. The molecule has 0 rings (SSSR count). The first-order valence-electron chi connectivity index (χ1n) is 3.41. The van der Waals surface area contributed by atoms with Crippen molar-refractivity contribution in [2.45, 2.75) is 33.1 Å². The Balaban J connectivity index is -0.000000320. The summed E-state index contributed by atoms with van der Waals surface area (Å²) in [6.07, 6.45) is 2.91. The number of carboxylic acid groups (broad SMARTS) is 1. The summed E-state index contributed by atoms with van der Waals surface area (Å²) in [6, 6.07) is 0. The number of unbranched alkanes of at least 4 members (excludes halogenated alkanes) is 1. The summed E-state index contributed by atoms with van der Waals surface area (Å²) in [5.41, 5.74) is 0. The smallest absolute Gasteiger partial charge is 0.306 e. The average molecular weight is 232 g/mol. The van der Waals surface area contributed by atoms with Gasteiger partial charge in [0, 0.05) is 37.1 Å². The molecule has 4 heteroatoms. The first-order chi connectivity index (χ1) is 4.18. The fourth-order valence-corrected chi connectivity index (χ4v) is 0.634. The van der Waals surface area contributed by atoms with Crippen LogP contribution >= 0.6 is 0 Å². The molecule has 1 atom stereocenters. The Morgan fingerprint density at radius 3 is 2.18 bits per heavy atom. The third-order valence-corrected chi connectivity index (χ3v) is 1.41. The van der Waals surface area contributed by atoms with Gasteiger partial charge in [-0.15, -0.1) is 0 Å². The van der Waals surface area contributed by atoms with Crippen LogP contribution in [0.3, 0.4) is 0 Å². The SMILES string of the molecule is CCCCC(C)C(=O)O.[V].[V]. The van der Waals surface area contributed by atoms with E-state index in [4.69, 9.17) is 5.11 Å². The fourth-order valence-electron chi connectivity index (χ4n) is 0.634. The second kappa shape index (κ2) is 10.6. The molecule has 0 saturated heterocycles. The molecule has 0 heterocycles. The van der Waals surface area contributed by atoms with Gasteiger partial charge in [0.2, 0.25) is 0 Å². The zero-order valence-electron chi connectivity index (χ0n) is 6.95. The van der Waals surface area contributed by atoms with Crippen molar-refractivity contribution >= 4 is 5.97 Å². The van der Waals surface area contributed by atoms with E-state index in [2.05, 4.69) is 6.92 Å². The van der Waals surface area contributed by atoms with Crippen molar-refractivity contribution in [1.82, 2.24) is 0 Å². The Hall–Kier alpha value is 0.639. The predicted octanol–water partition coefficient (Wildman–Crippen LogP) is 1.89. The molecule has 0 aliphatic rings. The number of aliphatic carboxylic acids is 1. The van der Waals surface area contributed by atoms with Gasteiger partial charge >= 0.3 is 5.97 Å². The van der Waals surface area contributed by atoms with Crippen molar-refractivity contribution in [3.63, 3.8) is 0 Å². The van der Waals surface area contributed by atoms with Gasteiger partial charge in [0.1, 0.15) is 0 Å². The maximum atomic E-state index is 10.2. The Labute approximate surface area is 91.9 Å². The number of carboxylic acids is 1. The van der Waals surface area contributed by atoms with Gasteiger partial charge in [-0.2, -0.15) is 0 Å². The van der Waals surface area contributed by atoms with E-state index in [1.807, 2.05) is 0 Å². The molecule has 11 heavy (non-hydrogen) atoms. The van der Waals surface area contributed by atoms with E-state index in [0.717, 1.165) is 19.3 Å². The minimum atomic E-state index is -0.677. The van der Waals surface area contributed by atoms with Gasteiger partial charge in [0.25, 0.3) is 0 Å². The molecular formula is C7H14O2V2. The van der Waals surface area contributed by atoms with Gasteiger partial charge in [0.15, 0.2) is 0 Å². The van der Waals surface area contributed by atoms with Gasteiger partial charge in [0.05, 0.1) is 5.92 Å². The summed E-state index contributed by atoms with van der Waals surface area (Å²) in [7, 11) is 0. The van der Waals surface area contributed by atoms with Crippen molar-refractivity contribution in [3.05, 3.63) is 0 Å². The van der Waals surface area contributed by atoms with Gasteiger partial charge in [-0.05, 0) is 6.42 Å². The maximum Gasteiger partial charge on any atom is 0.306 e. The van der Waals surface area contributed by atoms with E-state index in [1.54, 1.807) is 6.92 Å². The van der Waals surface area contributed by atoms with Crippen molar-refractivity contribution in [3.8, 4) is 0 Å². The summed E-state index contributed by atoms with van der Waals surface area (Å²) in [6.45, 7) is 3.81. The first kappa shape index (κ1) is 17.7. The second-order valence-electron chi connectivity index (χ2n) is 2.38. The van der Waals surface area contributed by atoms with Crippen LogP contribution in [-0.2, 0) is 41.9 Å². The van der Waals surface area contributed by atoms with E-state index in [0.29, 0.717) is 0 Å². The summed E-state index contributed by atoms with van der Waals surface area (Å²) < 4.78 is 0. The number of rotatable bonds is 4. The van der Waals surface area contributed by atoms with Crippen molar-refractivity contribution < 1.29 is 47.0 Å². The largest absolute Gasteiger partial charge is 0.481 e. The van der Waals surface area contributed by atoms with E-state index in [1.165, 1.54) is 0 Å². The van der Waals surface area contributed by atoms with Crippen LogP contribution in [0.15, 0.2) is 0 Å². The topological polar surface area (TPSA) is 37.3 Å². The first-order valence-corrected chi connectivity index (χ1v) is 3.41. The van der Waals surface area contributed by atoms with Crippen LogP contribution in [0, 0.1) is 5.92 Å². The van der Waals surface area contributed by atoms with Crippen LogP contribution in [0.25, 0.3) is 0 Å².